The summed E-state index contributed by atoms with van der Waals surface area (Å²) in [5.74, 6) is -0.193. The van der Waals surface area contributed by atoms with Gasteiger partial charge in [0.05, 0.1) is 12.2 Å². The number of rotatable bonds is 3. The second kappa shape index (κ2) is 6.33. The van der Waals surface area contributed by atoms with Crippen molar-refractivity contribution in [1.29, 1.82) is 0 Å². The van der Waals surface area contributed by atoms with Crippen LogP contribution in [0, 0.1) is 5.82 Å². The van der Waals surface area contributed by atoms with Crippen LogP contribution in [0.1, 0.15) is 5.56 Å². The van der Waals surface area contributed by atoms with E-state index in [1.165, 1.54) is 6.07 Å². The Labute approximate surface area is 119 Å². The third-order valence-electron chi connectivity index (χ3n) is 2.47. The molecule has 0 heterocycles. The number of anilines is 1. The van der Waals surface area contributed by atoms with Crippen molar-refractivity contribution < 1.29 is 4.39 Å². The molecule has 0 aliphatic rings. The lowest BCUT2D eigenvalue weighted by Gasteiger charge is -2.07. The number of aliphatic imine (C=N–C) groups is 1. The first-order valence-corrected chi connectivity index (χ1v) is 6.50. The number of hydrogen-bond acceptors (Lipinski definition) is 1. The molecule has 0 fully saturated rings. The van der Waals surface area contributed by atoms with Crippen molar-refractivity contribution in [2.24, 2.45) is 10.7 Å². The molecule has 0 aliphatic heterocycles. The van der Waals surface area contributed by atoms with Gasteiger partial charge in [0.15, 0.2) is 5.96 Å². The minimum atomic E-state index is -0.374. The van der Waals surface area contributed by atoms with Crippen LogP contribution in [0.25, 0.3) is 0 Å². The predicted molar refractivity (Wildman–Crippen MR) is 79.5 cm³/mol. The standard InChI is InChI=1S/C14H13BrFN3/c15-11-6-7-12(16)13(8-11)19-14(17)18-9-10-4-2-1-3-5-10/h1-8H,9H2,(H3,17,18,19). The van der Waals surface area contributed by atoms with Crippen molar-refractivity contribution in [2.45, 2.75) is 6.54 Å². The van der Waals surface area contributed by atoms with Gasteiger partial charge in [0.2, 0.25) is 0 Å². The zero-order chi connectivity index (χ0) is 13.7. The lowest BCUT2D eigenvalue weighted by molar-refractivity contribution is 0.632. The fourth-order valence-electron chi connectivity index (χ4n) is 1.53. The summed E-state index contributed by atoms with van der Waals surface area (Å²) >= 11 is 3.27. The fourth-order valence-corrected chi connectivity index (χ4v) is 1.89. The van der Waals surface area contributed by atoms with Gasteiger partial charge < -0.3 is 11.1 Å². The number of benzene rings is 2. The number of guanidine groups is 1. The molecule has 19 heavy (non-hydrogen) atoms. The number of nitrogens with two attached hydrogens (primary N) is 1. The highest BCUT2D eigenvalue weighted by molar-refractivity contribution is 9.10. The molecule has 0 unspecified atom stereocenters. The van der Waals surface area contributed by atoms with Crippen LogP contribution in [0.3, 0.4) is 0 Å². The van der Waals surface area contributed by atoms with E-state index in [1.807, 2.05) is 30.3 Å². The summed E-state index contributed by atoms with van der Waals surface area (Å²) in [6.07, 6.45) is 0. The van der Waals surface area contributed by atoms with Gasteiger partial charge in [-0.05, 0) is 23.8 Å². The number of nitrogens with zero attached hydrogens (tertiary/aromatic N) is 1. The Hall–Kier alpha value is -1.88. The van der Waals surface area contributed by atoms with Gasteiger partial charge in [-0.25, -0.2) is 9.38 Å². The molecule has 2 rings (SSSR count). The number of hydrogen-bond donors (Lipinski definition) is 2. The number of nitrogens with one attached hydrogen (secondary N) is 1. The molecular formula is C14H13BrFN3. The zero-order valence-electron chi connectivity index (χ0n) is 10.1. The van der Waals surface area contributed by atoms with Gasteiger partial charge in [0.1, 0.15) is 5.82 Å². The Morgan fingerprint density at radius 3 is 2.68 bits per heavy atom. The van der Waals surface area contributed by atoms with E-state index in [0.29, 0.717) is 12.2 Å². The summed E-state index contributed by atoms with van der Waals surface area (Å²) in [7, 11) is 0. The van der Waals surface area contributed by atoms with Gasteiger partial charge >= 0.3 is 0 Å². The highest BCUT2D eigenvalue weighted by Gasteiger charge is 2.03. The van der Waals surface area contributed by atoms with Gasteiger partial charge in [0, 0.05) is 4.47 Å². The lowest BCUT2D eigenvalue weighted by Crippen LogP contribution is -2.23. The van der Waals surface area contributed by atoms with Crippen molar-refractivity contribution in [3.63, 3.8) is 0 Å². The maximum absolute atomic E-state index is 13.5. The van der Waals surface area contributed by atoms with E-state index in [4.69, 9.17) is 5.73 Å². The molecule has 0 radical (unpaired) electrons. The Morgan fingerprint density at radius 2 is 1.95 bits per heavy atom. The molecule has 98 valence electrons. The molecule has 0 atom stereocenters. The van der Waals surface area contributed by atoms with Gasteiger partial charge in [-0.15, -0.1) is 0 Å². The van der Waals surface area contributed by atoms with E-state index >= 15 is 0 Å². The monoisotopic (exact) mass is 321 g/mol. The smallest absolute Gasteiger partial charge is 0.193 e. The van der Waals surface area contributed by atoms with E-state index in [2.05, 4.69) is 26.2 Å². The van der Waals surface area contributed by atoms with Crippen molar-refractivity contribution in [3.05, 3.63) is 64.4 Å². The second-order valence-corrected chi connectivity index (χ2v) is 4.85. The van der Waals surface area contributed by atoms with E-state index in [0.717, 1.165) is 10.0 Å². The third kappa shape index (κ3) is 4.06. The summed E-state index contributed by atoms with van der Waals surface area (Å²) in [5.41, 5.74) is 7.07. The Bertz CT molecular complexity index is 584. The van der Waals surface area contributed by atoms with Crippen LogP contribution in [-0.2, 0) is 6.54 Å². The molecule has 0 aliphatic carbocycles. The van der Waals surface area contributed by atoms with E-state index in [1.54, 1.807) is 12.1 Å². The summed E-state index contributed by atoms with van der Waals surface area (Å²) in [5, 5.41) is 2.74. The average Bonchev–Trinajstić information content (AvgIpc) is 2.42. The molecule has 5 heteroatoms. The van der Waals surface area contributed by atoms with Crippen molar-refractivity contribution in [1.82, 2.24) is 0 Å². The first kappa shape index (κ1) is 13.5. The maximum Gasteiger partial charge on any atom is 0.193 e. The Balaban J connectivity index is 2.04. The molecule has 0 spiro atoms. The van der Waals surface area contributed by atoms with Gasteiger partial charge in [-0.2, -0.15) is 0 Å². The summed E-state index contributed by atoms with van der Waals surface area (Å²) < 4.78 is 14.3. The van der Waals surface area contributed by atoms with Crippen LogP contribution in [0.5, 0.6) is 0 Å². The highest BCUT2D eigenvalue weighted by atomic mass is 79.9. The van der Waals surface area contributed by atoms with Gasteiger partial charge in [0.25, 0.3) is 0 Å². The van der Waals surface area contributed by atoms with Gasteiger partial charge in [-0.3, -0.25) is 0 Å². The molecule has 2 aromatic carbocycles. The quantitative estimate of drug-likeness (QED) is 0.671. The summed E-state index contributed by atoms with van der Waals surface area (Å²) in [6.45, 7) is 0.454. The molecule has 2 aromatic rings. The minimum absolute atomic E-state index is 0.181. The van der Waals surface area contributed by atoms with Crippen LogP contribution < -0.4 is 11.1 Å². The van der Waals surface area contributed by atoms with Crippen LogP contribution in [0.15, 0.2) is 58.0 Å². The fraction of sp³-hybridized carbons (Fsp3) is 0.0714. The van der Waals surface area contributed by atoms with Crippen molar-refractivity contribution >= 4 is 27.6 Å². The topological polar surface area (TPSA) is 50.4 Å². The maximum atomic E-state index is 13.5. The Morgan fingerprint density at radius 1 is 1.21 bits per heavy atom. The molecule has 3 nitrogen and oxygen atoms in total. The molecule has 0 saturated carbocycles. The zero-order valence-corrected chi connectivity index (χ0v) is 11.7. The largest absolute Gasteiger partial charge is 0.370 e. The lowest BCUT2D eigenvalue weighted by atomic mass is 10.2. The molecular weight excluding hydrogens is 309 g/mol. The Kier molecular flexibility index (Phi) is 4.52. The SMILES string of the molecule is NC(=NCc1ccccc1)Nc1cc(Br)ccc1F. The first-order valence-electron chi connectivity index (χ1n) is 5.71. The molecule has 0 bridgehead atoms. The van der Waals surface area contributed by atoms with E-state index in [-0.39, 0.29) is 11.8 Å². The van der Waals surface area contributed by atoms with Crippen LogP contribution in [0.2, 0.25) is 0 Å². The molecule has 0 aromatic heterocycles. The first-order chi connectivity index (χ1) is 9.15. The van der Waals surface area contributed by atoms with Crippen LogP contribution in [0.4, 0.5) is 10.1 Å². The normalized spacial score (nSPS) is 11.4. The predicted octanol–water partition coefficient (Wildman–Crippen LogP) is 3.52. The van der Waals surface area contributed by atoms with Crippen LogP contribution in [-0.4, -0.2) is 5.96 Å². The van der Waals surface area contributed by atoms with Crippen molar-refractivity contribution in [3.8, 4) is 0 Å². The number of halogens is 2. The van der Waals surface area contributed by atoms with E-state index < -0.39 is 0 Å². The van der Waals surface area contributed by atoms with E-state index in [9.17, 15) is 4.39 Å². The summed E-state index contributed by atoms with van der Waals surface area (Å²) in [4.78, 5) is 4.16. The van der Waals surface area contributed by atoms with Crippen LogP contribution >= 0.6 is 15.9 Å². The highest BCUT2D eigenvalue weighted by Crippen LogP contribution is 2.19. The average molecular weight is 322 g/mol. The molecule has 3 N–H and O–H groups in total. The minimum Gasteiger partial charge on any atom is -0.370 e. The summed E-state index contributed by atoms with van der Waals surface area (Å²) in [6, 6.07) is 14.3. The molecule has 0 amide bonds. The second-order valence-electron chi connectivity index (χ2n) is 3.94. The van der Waals surface area contributed by atoms with Gasteiger partial charge in [-0.1, -0.05) is 46.3 Å². The molecule has 0 saturated heterocycles. The van der Waals surface area contributed by atoms with Crippen molar-refractivity contribution in [2.75, 3.05) is 5.32 Å². The third-order valence-corrected chi connectivity index (χ3v) is 2.96.